The lowest BCUT2D eigenvalue weighted by Gasteiger charge is -2.27. The van der Waals surface area contributed by atoms with Crippen molar-refractivity contribution in [3.8, 4) is 0 Å². The summed E-state index contributed by atoms with van der Waals surface area (Å²) in [6, 6.07) is 4.79. The zero-order valence-corrected chi connectivity index (χ0v) is 9.93. The van der Waals surface area contributed by atoms with E-state index in [2.05, 4.69) is 10.4 Å². The van der Waals surface area contributed by atoms with Gasteiger partial charge in [0, 0.05) is 30.2 Å². The zero-order chi connectivity index (χ0) is 11.4. The Hall–Kier alpha value is -0.640. The van der Waals surface area contributed by atoms with Crippen molar-refractivity contribution in [1.29, 1.82) is 0 Å². The molecule has 16 heavy (non-hydrogen) atoms. The van der Waals surface area contributed by atoms with Crippen LogP contribution in [0.25, 0.3) is 0 Å². The van der Waals surface area contributed by atoms with Gasteiger partial charge in [-0.25, -0.2) is 9.40 Å². The molecule has 1 N–H and O–H groups in total. The summed E-state index contributed by atoms with van der Waals surface area (Å²) in [7, 11) is 0. The minimum atomic E-state index is -0.239. The van der Waals surface area contributed by atoms with Crippen molar-refractivity contribution in [2.75, 3.05) is 13.1 Å². The molecule has 1 aliphatic heterocycles. The predicted octanol–water partition coefficient (Wildman–Crippen LogP) is 2.97. The fourth-order valence-electron chi connectivity index (χ4n) is 1.94. The van der Waals surface area contributed by atoms with E-state index in [9.17, 15) is 4.39 Å². The maximum Gasteiger partial charge on any atom is 0.129 e. The molecule has 0 radical (unpaired) electrons. The van der Waals surface area contributed by atoms with E-state index in [1.54, 1.807) is 12.1 Å². The summed E-state index contributed by atoms with van der Waals surface area (Å²) in [4.78, 5) is 0. The maximum atomic E-state index is 13.5. The van der Waals surface area contributed by atoms with Gasteiger partial charge in [0.2, 0.25) is 0 Å². The average molecular weight is 243 g/mol. The third-order valence-electron chi connectivity index (χ3n) is 2.90. The molecule has 0 aliphatic carbocycles. The van der Waals surface area contributed by atoms with Crippen LogP contribution in [0, 0.1) is 5.82 Å². The number of hydrogen-bond acceptors (Lipinski definition) is 2. The van der Waals surface area contributed by atoms with E-state index in [1.165, 1.54) is 25.3 Å². The number of benzene rings is 1. The third kappa shape index (κ3) is 2.94. The second-order valence-electron chi connectivity index (χ2n) is 4.08. The van der Waals surface area contributed by atoms with Crippen LogP contribution in [-0.4, -0.2) is 18.1 Å². The molecule has 0 saturated carbocycles. The molecule has 2 nitrogen and oxygen atoms in total. The number of hydrazine groups is 1. The maximum absolute atomic E-state index is 13.5. The van der Waals surface area contributed by atoms with E-state index in [1.807, 2.05) is 0 Å². The van der Waals surface area contributed by atoms with Crippen molar-refractivity contribution >= 4 is 11.6 Å². The van der Waals surface area contributed by atoms with Crippen molar-refractivity contribution in [2.45, 2.75) is 25.8 Å². The van der Waals surface area contributed by atoms with Gasteiger partial charge >= 0.3 is 0 Å². The monoisotopic (exact) mass is 242 g/mol. The largest absolute Gasteiger partial charge is 0.251 e. The highest BCUT2D eigenvalue weighted by molar-refractivity contribution is 6.31. The molecule has 0 spiro atoms. The molecular weight excluding hydrogens is 227 g/mol. The SMILES string of the molecule is Fc1cccc(Cl)c1CNN1CCCCC1. The lowest BCUT2D eigenvalue weighted by molar-refractivity contribution is 0.150. The molecule has 0 unspecified atom stereocenters. The van der Waals surface area contributed by atoms with Gasteiger partial charge in [0.25, 0.3) is 0 Å². The van der Waals surface area contributed by atoms with E-state index in [0.717, 1.165) is 13.1 Å². The van der Waals surface area contributed by atoms with Crippen molar-refractivity contribution in [3.63, 3.8) is 0 Å². The van der Waals surface area contributed by atoms with E-state index in [-0.39, 0.29) is 5.82 Å². The molecular formula is C12H16ClFN2. The number of piperidine rings is 1. The van der Waals surface area contributed by atoms with Gasteiger partial charge < -0.3 is 0 Å². The third-order valence-corrected chi connectivity index (χ3v) is 3.25. The molecule has 0 bridgehead atoms. The highest BCUT2D eigenvalue weighted by Gasteiger charge is 2.11. The standard InChI is InChI=1S/C12H16ClFN2/c13-11-5-4-6-12(14)10(11)9-15-16-7-2-1-3-8-16/h4-6,15H,1-3,7-9H2. The topological polar surface area (TPSA) is 15.3 Å². The fraction of sp³-hybridized carbons (Fsp3) is 0.500. The quantitative estimate of drug-likeness (QED) is 0.877. The molecule has 1 saturated heterocycles. The van der Waals surface area contributed by atoms with Gasteiger partial charge in [-0.1, -0.05) is 24.1 Å². The number of rotatable bonds is 3. The molecule has 1 aromatic carbocycles. The van der Waals surface area contributed by atoms with Crippen LogP contribution in [0.3, 0.4) is 0 Å². The molecule has 0 aromatic heterocycles. The van der Waals surface area contributed by atoms with Crippen LogP contribution in [-0.2, 0) is 6.54 Å². The lowest BCUT2D eigenvalue weighted by atomic mass is 10.1. The molecule has 0 amide bonds. The first-order valence-corrected chi connectivity index (χ1v) is 6.06. The van der Waals surface area contributed by atoms with E-state index < -0.39 is 0 Å². The number of hydrogen-bond donors (Lipinski definition) is 1. The second-order valence-corrected chi connectivity index (χ2v) is 4.49. The zero-order valence-electron chi connectivity index (χ0n) is 9.18. The van der Waals surface area contributed by atoms with Crippen molar-refractivity contribution in [1.82, 2.24) is 10.4 Å². The summed E-state index contributed by atoms with van der Waals surface area (Å²) in [5.41, 5.74) is 3.78. The Morgan fingerprint density at radius 3 is 2.69 bits per heavy atom. The molecule has 4 heteroatoms. The Bertz CT molecular complexity index is 331. The smallest absolute Gasteiger partial charge is 0.129 e. The van der Waals surface area contributed by atoms with Crippen LogP contribution in [0.2, 0.25) is 5.02 Å². The molecule has 88 valence electrons. The highest BCUT2D eigenvalue weighted by Crippen LogP contribution is 2.18. The first kappa shape index (κ1) is 11.8. The predicted molar refractivity (Wildman–Crippen MR) is 63.7 cm³/mol. The lowest BCUT2D eigenvalue weighted by Crippen LogP contribution is -2.41. The number of halogens is 2. The Morgan fingerprint density at radius 2 is 2.00 bits per heavy atom. The summed E-state index contributed by atoms with van der Waals surface area (Å²) in [5.74, 6) is -0.239. The molecule has 1 aliphatic rings. The number of nitrogens with zero attached hydrogens (tertiary/aromatic N) is 1. The first-order chi connectivity index (χ1) is 7.77. The molecule has 1 aromatic rings. The van der Waals surface area contributed by atoms with E-state index >= 15 is 0 Å². The average Bonchev–Trinajstić information content (AvgIpc) is 2.30. The van der Waals surface area contributed by atoms with Gasteiger partial charge in [0.05, 0.1) is 0 Å². The summed E-state index contributed by atoms with van der Waals surface area (Å²) >= 11 is 5.95. The van der Waals surface area contributed by atoms with Crippen LogP contribution in [0.15, 0.2) is 18.2 Å². The van der Waals surface area contributed by atoms with Crippen molar-refractivity contribution < 1.29 is 4.39 Å². The van der Waals surface area contributed by atoms with E-state index in [4.69, 9.17) is 11.6 Å². The van der Waals surface area contributed by atoms with Gasteiger partial charge in [-0.15, -0.1) is 0 Å². The van der Waals surface area contributed by atoms with Crippen molar-refractivity contribution in [3.05, 3.63) is 34.6 Å². The van der Waals surface area contributed by atoms with Crippen LogP contribution in [0.1, 0.15) is 24.8 Å². The van der Waals surface area contributed by atoms with E-state index in [0.29, 0.717) is 17.1 Å². The molecule has 1 fully saturated rings. The number of nitrogens with one attached hydrogen (secondary N) is 1. The van der Waals surface area contributed by atoms with Crippen LogP contribution < -0.4 is 5.43 Å². The van der Waals surface area contributed by atoms with Crippen molar-refractivity contribution in [2.24, 2.45) is 0 Å². The Kier molecular flexibility index (Phi) is 4.16. The molecule has 2 rings (SSSR count). The Labute approximate surface area is 100 Å². The molecule has 1 heterocycles. The van der Waals surface area contributed by atoms with Gasteiger partial charge in [-0.3, -0.25) is 5.43 Å². The van der Waals surface area contributed by atoms with Crippen LogP contribution in [0.4, 0.5) is 4.39 Å². The van der Waals surface area contributed by atoms with Gasteiger partial charge in [0.1, 0.15) is 5.82 Å². The highest BCUT2D eigenvalue weighted by atomic mass is 35.5. The van der Waals surface area contributed by atoms with Crippen LogP contribution >= 0.6 is 11.6 Å². The molecule has 0 atom stereocenters. The second kappa shape index (κ2) is 5.62. The first-order valence-electron chi connectivity index (χ1n) is 5.69. The summed E-state index contributed by atoms with van der Waals surface area (Å²) in [6.45, 7) is 2.53. The normalized spacial score (nSPS) is 17.6. The minimum Gasteiger partial charge on any atom is -0.251 e. The van der Waals surface area contributed by atoms with Gasteiger partial charge in [0.15, 0.2) is 0 Å². The van der Waals surface area contributed by atoms with Gasteiger partial charge in [-0.05, 0) is 25.0 Å². The van der Waals surface area contributed by atoms with Gasteiger partial charge in [-0.2, -0.15) is 0 Å². The fourth-order valence-corrected chi connectivity index (χ4v) is 2.17. The summed E-state index contributed by atoms with van der Waals surface area (Å²) < 4.78 is 13.5. The van der Waals surface area contributed by atoms with Crippen LogP contribution in [0.5, 0.6) is 0 Å². The summed E-state index contributed by atoms with van der Waals surface area (Å²) in [5, 5.41) is 2.64. The minimum absolute atomic E-state index is 0.239. The summed E-state index contributed by atoms with van der Waals surface area (Å²) in [6.07, 6.45) is 3.70. The Morgan fingerprint density at radius 1 is 1.25 bits per heavy atom. The Balaban J connectivity index is 1.93.